The highest BCUT2D eigenvalue weighted by molar-refractivity contribution is 6.30. The van der Waals surface area contributed by atoms with Gasteiger partial charge in [-0.15, -0.1) is 0 Å². The predicted octanol–water partition coefficient (Wildman–Crippen LogP) is 2.61. The van der Waals surface area contributed by atoms with Crippen molar-refractivity contribution in [3.63, 3.8) is 0 Å². The normalized spacial score (nSPS) is 25.6. The fourth-order valence-corrected chi connectivity index (χ4v) is 6.77. The Bertz CT molecular complexity index is 1560. The third-order valence-electron chi connectivity index (χ3n) is 8.54. The molecule has 3 aliphatic carbocycles. The van der Waals surface area contributed by atoms with Gasteiger partial charge in [0.15, 0.2) is 11.4 Å². The minimum atomic E-state index is -2.64. The molecule has 0 heterocycles. The Morgan fingerprint density at radius 1 is 1.07 bits per heavy atom. The minimum absolute atomic E-state index is 0.0489. The average molecular weight is 582 g/mol. The summed E-state index contributed by atoms with van der Waals surface area (Å²) in [5.74, 6) is -6.19. The Kier molecular flexibility index (Phi) is 6.92. The number of carbonyl (C=O) groups excluding carboxylic acids is 3. The number of aliphatic hydroxyl groups excluding tert-OH is 2. The molecule has 0 saturated heterocycles. The van der Waals surface area contributed by atoms with Crippen LogP contribution in [-0.2, 0) is 20.8 Å². The summed E-state index contributed by atoms with van der Waals surface area (Å²) < 4.78 is 0. The topological polar surface area (TPSA) is 151 Å². The lowest BCUT2D eigenvalue weighted by Gasteiger charge is -2.50. The number of nitrogens with zero attached hydrogens (tertiary/aromatic N) is 2. The van der Waals surface area contributed by atoms with Crippen LogP contribution < -0.4 is 10.2 Å². The van der Waals surface area contributed by atoms with E-state index in [1.807, 2.05) is 19.0 Å². The van der Waals surface area contributed by atoms with E-state index in [2.05, 4.69) is 5.32 Å². The molecule has 10 nitrogen and oxygen atoms in total. The average Bonchev–Trinajstić information content (AvgIpc) is 2.91. The molecule has 4 atom stereocenters. The van der Waals surface area contributed by atoms with Gasteiger partial charge in [-0.05, 0) is 62.2 Å². The lowest BCUT2D eigenvalue weighted by Crippen LogP contribution is -2.65. The van der Waals surface area contributed by atoms with Crippen LogP contribution in [0.15, 0.2) is 47.2 Å². The molecule has 0 radical (unpaired) electrons. The fraction of sp³-hybridized carbons (Fsp3) is 0.367. The highest BCUT2D eigenvalue weighted by Crippen LogP contribution is 2.55. The zero-order valence-electron chi connectivity index (χ0n) is 23.3. The summed E-state index contributed by atoms with van der Waals surface area (Å²) in [4.78, 5) is 43.6. The number of ketones is 2. The molecule has 41 heavy (non-hydrogen) atoms. The smallest absolute Gasteiger partial charge is 0.258 e. The van der Waals surface area contributed by atoms with Gasteiger partial charge in [0.1, 0.15) is 22.8 Å². The molecule has 0 aliphatic heterocycles. The molecule has 4 unspecified atom stereocenters. The van der Waals surface area contributed by atoms with E-state index < -0.39 is 58.0 Å². The van der Waals surface area contributed by atoms with Crippen LogP contribution in [0.4, 0.5) is 5.69 Å². The quantitative estimate of drug-likeness (QED) is 0.343. The number of aliphatic hydroxyl groups is 3. The number of likely N-dealkylation sites (N-methyl/N-ethyl adjacent to an activating group) is 2. The maximum absolute atomic E-state index is 14.2. The number of phenols is 1. The number of rotatable bonds is 4. The van der Waals surface area contributed by atoms with E-state index in [4.69, 9.17) is 11.6 Å². The van der Waals surface area contributed by atoms with Crippen molar-refractivity contribution in [2.45, 2.75) is 24.5 Å². The van der Waals surface area contributed by atoms with Crippen LogP contribution in [0.2, 0.25) is 5.02 Å². The van der Waals surface area contributed by atoms with E-state index in [1.165, 1.54) is 11.9 Å². The van der Waals surface area contributed by atoms with Gasteiger partial charge < -0.3 is 30.6 Å². The first kappa shape index (κ1) is 28.7. The highest BCUT2D eigenvalue weighted by Gasteiger charge is 2.64. The molecule has 0 aromatic heterocycles. The van der Waals surface area contributed by atoms with Crippen LogP contribution in [0.5, 0.6) is 5.75 Å². The van der Waals surface area contributed by atoms with E-state index in [0.717, 1.165) is 0 Å². The van der Waals surface area contributed by atoms with Crippen LogP contribution >= 0.6 is 11.6 Å². The number of hydrogen-bond acceptors (Lipinski definition) is 9. The summed E-state index contributed by atoms with van der Waals surface area (Å²) in [6.07, 6.45) is 0.267. The first-order valence-corrected chi connectivity index (χ1v) is 13.5. The van der Waals surface area contributed by atoms with Crippen LogP contribution in [0.1, 0.15) is 17.5 Å². The molecule has 1 fully saturated rings. The third kappa shape index (κ3) is 4.04. The number of phenolic OH excluding ortho intramolecular Hbond substituents is 1. The maximum Gasteiger partial charge on any atom is 0.258 e. The van der Waals surface area contributed by atoms with E-state index in [0.29, 0.717) is 27.4 Å². The number of halogens is 1. The Balaban J connectivity index is 1.77. The van der Waals surface area contributed by atoms with Crippen molar-refractivity contribution >= 4 is 40.5 Å². The second-order valence-electron chi connectivity index (χ2n) is 11.2. The second kappa shape index (κ2) is 9.90. The minimum Gasteiger partial charge on any atom is -0.508 e. The molecular formula is C30H32ClN3O7. The summed E-state index contributed by atoms with van der Waals surface area (Å²) in [7, 11) is 8.10. The van der Waals surface area contributed by atoms with Crippen molar-refractivity contribution in [1.82, 2.24) is 10.2 Å². The molecule has 2 aromatic carbocycles. The maximum atomic E-state index is 14.2. The van der Waals surface area contributed by atoms with Crippen molar-refractivity contribution in [3.05, 3.63) is 63.4 Å². The number of anilines is 1. The fourth-order valence-electron chi connectivity index (χ4n) is 6.65. The van der Waals surface area contributed by atoms with Gasteiger partial charge in [0.05, 0.1) is 11.6 Å². The third-order valence-corrected chi connectivity index (χ3v) is 8.79. The summed E-state index contributed by atoms with van der Waals surface area (Å²) >= 11 is 6.06. The van der Waals surface area contributed by atoms with E-state index in [-0.39, 0.29) is 29.7 Å². The molecule has 5 N–H and O–H groups in total. The van der Waals surface area contributed by atoms with Crippen molar-refractivity contribution in [3.8, 4) is 16.9 Å². The van der Waals surface area contributed by atoms with Crippen molar-refractivity contribution < 1.29 is 34.8 Å². The summed E-state index contributed by atoms with van der Waals surface area (Å²) in [5, 5.41) is 49.0. The van der Waals surface area contributed by atoms with Gasteiger partial charge >= 0.3 is 0 Å². The van der Waals surface area contributed by atoms with Crippen LogP contribution in [-0.4, -0.2) is 89.7 Å². The number of hydrogen-bond donors (Lipinski definition) is 5. The van der Waals surface area contributed by atoms with Crippen LogP contribution in [0, 0.1) is 11.8 Å². The monoisotopic (exact) mass is 581 g/mol. The zero-order chi connectivity index (χ0) is 30.1. The molecule has 2 aromatic rings. The number of fused-ring (bicyclic) bond motifs is 3. The molecule has 1 amide bonds. The first-order valence-electron chi connectivity index (χ1n) is 13.1. The molecule has 5 rings (SSSR count). The van der Waals surface area contributed by atoms with Crippen molar-refractivity contribution in [2.75, 3.05) is 40.1 Å². The summed E-state index contributed by atoms with van der Waals surface area (Å²) in [6.45, 7) is 0. The van der Waals surface area contributed by atoms with Gasteiger partial charge in [-0.1, -0.05) is 23.7 Å². The Morgan fingerprint density at radius 2 is 1.71 bits per heavy atom. The van der Waals surface area contributed by atoms with Gasteiger partial charge in [0.2, 0.25) is 5.78 Å². The van der Waals surface area contributed by atoms with E-state index in [1.54, 1.807) is 44.4 Å². The molecule has 11 heteroatoms. The van der Waals surface area contributed by atoms with Crippen molar-refractivity contribution in [2.24, 2.45) is 11.8 Å². The first-order chi connectivity index (χ1) is 19.2. The predicted molar refractivity (Wildman–Crippen MR) is 154 cm³/mol. The van der Waals surface area contributed by atoms with Gasteiger partial charge in [0, 0.05) is 48.9 Å². The largest absolute Gasteiger partial charge is 0.508 e. The number of nitrogens with one attached hydrogen (secondary N) is 1. The second-order valence-corrected chi connectivity index (χ2v) is 11.7. The Morgan fingerprint density at radius 3 is 2.27 bits per heavy atom. The SMILES string of the molecule is CNC(=O)C1=C(O)C2(O)C(=O)C3=C(O)c4c(O)c(-c5ccc(Cl)cc5)cc(N(C)C)c4CC3CC2C(N(C)C)C1=O. The lowest BCUT2D eigenvalue weighted by atomic mass is 9.57. The number of benzene rings is 2. The number of aromatic hydroxyl groups is 1. The van der Waals surface area contributed by atoms with Crippen LogP contribution in [0.25, 0.3) is 16.9 Å². The molecule has 216 valence electrons. The van der Waals surface area contributed by atoms with Gasteiger partial charge in [0.25, 0.3) is 5.91 Å². The van der Waals surface area contributed by atoms with Gasteiger partial charge in [-0.2, -0.15) is 0 Å². The summed E-state index contributed by atoms with van der Waals surface area (Å²) in [5.41, 5.74) is -1.13. The molecule has 0 bridgehead atoms. The standard InChI is InChI=1S/C30H32ClN3O7/c1-32-29(40)22-26(37)23(34(4)5)18-11-14-10-17-19(33(2)3)12-16(13-6-8-15(31)9-7-13)24(35)21(17)25(36)20(14)27(38)30(18,41)28(22)39/h6-9,12,14,18,23,35-36,39,41H,10-11H2,1-5H3,(H,32,40). The Hall–Kier alpha value is -3.86. The summed E-state index contributed by atoms with van der Waals surface area (Å²) in [6, 6.07) is 7.50. The van der Waals surface area contributed by atoms with E-state index in [9.17, 15) is 34.8 Å². The highest BCUT2D eigenvalue weighted by atomic mass is 35.5. The number of carbonyl (C=O) groups is 3. The Labute approximate surface area is 242 Å². The van der Waals surface area contributed by atoms with E-state index >= 15 is 0 Å². The van der Waals surface area contributed by atoms with Crippen LogP contribution in [0.3, 0.4) is 0 Å². The van der Waals surface area contributed by atoms with Crippen molar-refractivity contribution in [1.29, 1.82) is 0 Å². The molecule has 0 spiro atoms. The molecular weight excluding hydrogens is 550 g/mol. The number of Topliss-reactive ketones (excluding diaryl/α,β-unsaturated/α-hetero) is 2. The number of amides is 1. The zero-order valence-corrected chi connectivity index (χ0v) is 24.1. The van der Waals surface area contributed by atoms with Gasteiger partial charge in [-0.3, -0.25) is 19.3 Å². The molecule has 3 aliphatic rings. The van der Waals surface area contributed by atoms with Gasteiger partial charge in [-0.25, -0.2) is 0 Å². The molecule has 1 saturated carbocycles. The lowest BCUT2D eigenvalue weighted by molar-refractivity contribution is -0.153.